The van der Waals surface area contributed by atoms with E-state index in [2.05, 4.69) is 4.72 Å². The van der Waals surface area contributed by atoms with E-state index in [1.165, 1.54) is 13.8 Å². The lowest BCUT2D eigenvalue weighted by Gasteiger charge is -2.11. The van der Waals surface area contributed by atoms with Crippen LogP contribution in [0.15, 0.2) is 17.0 Å². The zero-order valence-corrected chi connectivity index (χ0v) is 10.4. The van der Waals surface area contributed by atoms with Crippen molar-refractivity contribution < 1.29 is 27.1 Å². The Morgan fingerprint density at radius 3 is 2.28 bits per heavy atom. The highest BCUT2D eigenvalue weighted by molar-refractivity contribution is 7.89. The van der Waals surface area contributed by atoms with Gasteiger partial charge in [0.2, 0.25) is 10.0 Å². The molecule has 8 heteroatoms. The molecule has 0 fully saturated rings. The molecule has 0 radical (unpaired) electrons. The van der Waals surface area contributed by atoms with Gasteiger partial charge >= 0.3 is 5.97 Å². The first kappa shape index (κ1) is 14.5. The first-order valence-corrected chi connectivity index (χ1v) is 6.38. The van der Waals surface area contributed by atoms with Crippen LogP contribution in [0.5, 0.6) is 0 Å². The molecular weight excluding hydrogens is 268 g/mol. The number of carbonyl (C=O) groups is 1. The number of hydrogen-bond donors (Lipinski definition) is 2. The van der Waals surface area contributed by atoms with Crippen molar-refractivity contribution in [2.45, 2.75) is 24.8 Å². The van der Waals surface area contributed by atoms with Gasteiger partial charge < -0.3 is 5.11 Å². The van der Waals surface area contributed by atoms with Crippen molar-refractivity contribution in [3.63, 3.8) is 0 Å². The molecule has 5 nitrogen and oxygen atoms in total. The predicted molar refractivity (Wildman–Crippen MR) is 58.8 cm³/mol. The van der Waals surface area contributed by atoms with Gasteiger partial charge in [-0.05, 0) is 19.9 Å². The summed E-state index contributed by atoms with van der Waals surface area (Å²) in [7, 11) is -4.22. The fourth-order valence-electron chi connectivity index (χ4n) is 1.27. The minimum absolute atomic E-state index is 0.234. The molecule has 0 bridgehead atoms. The van der Waals surface area contributed by atoms with Crippen LogP contribution in [0.1, 0.15) is 24.2 Å². The second-order valence-electron chi connectivity index (χ2n) is 3.84. The summed E-state index contributed by atoms with van der Waals surface area (Å²) in [6.07, 6.45) is 0. The summed E-state index contributed by atoms with van der Waals surface area (Å²) in [5.41, 5.74) is -0.902. The van der Waals surface area contributed by atoms with Crippen molar-refractivity contribution in [1.29, 1.82) is 0 Å². The summed E-state index contributed by atoms with van der Waals surface area (Å²) in [6, 6.07) is 0.184. The van der Waals surface area contributed by atoms with E-state index < -0.39 is 44.1 Å². The molecule has 0 aromatic heterocycles. The number of carboxylic acid groups (broad SMARTS) is 1. The maximum atomic E-state index is 13.4. The van der Waals surface area contributed by atoms with E-state index >= 15 is 0 Å². The van der Waals surface area contributed by atoms with Crippen LogP contribution >= 0.6 is 0 Å². The van der Waals surface area contributed by atoms with Crippen molar-refractivity contribution >= 4 is 16.0 Å². The summed E-state index contributed by atoms with van der Waals surface area (Å²) >= 11 is 0. The fourth-order valence-corrected chi connectivity index (χ4v) is 2.61. The third-order valence-corrected chi connectivity index (χ3v) is 3.61. The largest absolute Gasteiger partial charge is 0.478 e. The number of aromatic carboxylic acids is 1. The molecule has 1 rings (SSSR count). The number of carboxylic acids is 1. The number of hydrogen-bond acceptors (Lipinski definition) is 3. The van der Waals surface area contributed by atoms with Gasteiger partial charge in [0.1, 0.15) is 16.5 Å². The van der Waals surface area contributed by atoms with Gasteiger partial charge in [-0.2, -0.15) is 0 Å². The van der Waals surface area contributed by atoms with Crippen molar-refractivity contribution in [3.05, 3.63) is 29.3 Å². The van der Waals surface area contributed by atoms with E-state index in [-0.39, 0.29) is 6.07 Å². The Bertz CT molecular complexity index is 584. The number of halogens is 2. The molecule has 0 spiro atoms. The van der Waals surface area contributed by atoms with Crippen molar-refractivity contribution in [2.24, 2.45) is 0 Å². The maximum absolute atomic E-state index is 13.4. The summed E-state index contributed by atoms with van der Waals surface area (Å²) in [5.74, 6) is -4.34. The lowest BCUT2D eigenvalue weighted by Crippen LogP contribution is -2.31. The number of benzene rings is 1. The van der Waals surface area contributed by atoms with E-state index in [1.807, 2.05) is 0 Å². The normalized spacial score (nSPS) is 11.8. The summed E-state index contributed by atoms with van der Waals surface area (Å²) in [5, 5.41) is 8.65. The monoisotopic (exact) mass is 279 g/mol. The molecule has 100 valence electrons. The third kappa shape index (κ3) is 3.02. The van der Waals surface area contributed by atoms with E-state index in [0.717, 1.165) is 0 Å². The van der Waals surface area contributed by atoms with Gasteiger partial charge in [0.25, 0.3) is 0 Å². The summed E-state index contributed by atoms with van der Waals surface area (Å²) < 4.78 is 51.9. The fraction of sp³-hybridized carbons (Fsp3) is 0.300. The van der Waals surface area contributed by atoms with Crippen LogP contribution in [0.2, 0.25) is 0 Å². The summed E-state index contributed by atoms with van der Waals surface area (Å²) in [6.45, 7) is 3.02. The highest BCUT2D eigenvalue weighted by atomic mass is 32.2. The first-order valence-electron chi connectivity index (χ1n) is 4.90. The molecule has 2 N–H and O–H groups in total. The van der Waals surface area contributed by atoms with E-state index in [1.54, 1.807) is 0 Å². The van der Waals surface area contributed by atoms with Crippen molar-refractivity contribution in [3.8, 4) is 0 Å². The first-order chi connectivity index (χ1) is 8.15. The molecule has 0 heterocycles. The number of nitrogens with one attached hydrogen (secondary N) is 1. The quantitative estimate of drug-likeness (QED) is 0.871. The zero-order chi connectivity index (χ0) is 14.1. The molecule has 1 aromatic rings. The Labute approximate surface area is 102 Å². The highest BCUT2D eigenvalue weighted by Crippen LogP contribution is 2.19. The van der Waals surface area contributed by atoms with E-state index in [4.69, 9.17) is 5.11 Å². The standard InChI is InChI=1S/C10H11F2NO4S/c1-5(2)13-18(16,17)9-3-6(10(14)15)7(11)4-8(9)12/h3-5,13H,1-2H3,(H,14,15). The van der Waals surface area contributed by atoms with Crippen LogP contribution in [-0.4, -0.2) is 25.5 Å². The van der Waals surface area contributed by atoms with E-state index in [0.29, 0.717) is 6.07 Å². The van der Waals surface area contributed by atoms with Crippen LogP contribution in [0.3, 0.4) is 0 Å². The molecule has 18 heavy (non-hydrogen) atoms. The molecule has 1 aromatic carbocycles. The Morgan fingerprint density at radius 2 is 1.83 bits per heavy atom. The minimum atomic E-state index is -4.22. The van der Waals surface area contributed by atoms with Gasteiger partial charge in [-0.15, -0.1) is 0 Å². The Morgan fingerprint density at radius 1 is 1.28 bits per heavy atom. The van der Waals surface area contributed by atoms with Gasteiger partial charge in [0.15, 0.2) is 0 Å². The molecule has 0 saturated heterocycles. The lowest BCUT2D eigenvalue weighted by molar-refractivity contribution is 0.0691. The van der Waals surface area contributed by atoms with Crippen LogP contribution in [0.25, 0.3) is 0 Å². The van der Waals surface area contributed by atoms with Gasteiger partial charge in [-0.3, -0.25) is 0 Å². The van der Waals surface area contributed by atoms with Gasteiger partial charge in [0.05, 0.1) is 5.56 Å². The van der Waals surface area contributed by atoms with Gasteiger partial charge in [0, 0.05) is 12.1 Å². The van der Waals surface area contributed by atoms with Gasteiger partial charge in [-0.25, -0.2) is 26.7 Å². The second-order valence-corrected chi connectivity index (χ2v) is 5.53. The Balaban J connectivity index is 3.42. The molecule has 0 aliphatic carbocycles. The highest BCUT2D eigenvalue weighted by Gasteiger charge is 2.24. The van der Waals surface area contributed by atoms with Crippen LogP contribution in [0.4, 0.5) is 8.78 Å². The van der Waals surface area contributed by atoms with Gasteiger partial charge in [-0.1, -0.05) is 0 Å². The van der Waals surface area contributed by atoms with Crippen LogP contribution < -0.4 is 4.72 Å². The van der Waals surface area contributed by atoms with Crippen LogP contribution in [0, 0.1) is 11.6 Å². The molecule has 0 unspecified atom stereocenters. The topological polar surface area (TPSA) is 83.5 Å². The number of sulfonamides is 1. The van der Waals surface area contributed by atoms with E-state index in [9.17, 15) is 22.0 Å². The van der Waals surface area contributed by atoms with Crippen LogP contribution in [-0.2, 0) is 10.0 Å². The Hall–Kier alpha value is -1.54. The van der Waals surface area contributed by atoms with Crippen molar-refractivity contribution in [1.82, 2.24) is 4.72 Å². The Kier molecular flexibility index (Phi) is 4.02. The number of rotatable bonds is 4. The van der Waals surface area contributed by atoms with Crippen molar-refractivity contribution in [2.75, 3.05) is 0 Å². The smallest absolute Gasteiger partial charge is 0.338 e. The average Bonchev–Trinajstić information content (AvgIpc) is 2.13. The molecule has 0 aliphatic rings. The molecule has 0 saturated carbocycles. The molecular formula is C10H11F2NO4S. The second kappa shape index (κ2) is 4.99. The molecule has 0 atom stereocenters. The lowest BCUT2D eigenvalue weighted by atomic mass is 10.2. The molecule has 0 aliphatic heterocycles. The minimum Gasteiger partial charge on any atom is -0.478 e. The molecule has 0 amide bonds. The summed E-state index contributed by atoms with van der Waals surface area (Å²) in [4.78, 5) is 9.76. The maximum Gasteiger partial charge on any atom is 0.338 e. The third-order valence-electron chi connectivity index (χ3n) is 1.93. The predicted octanol–water partition coefficient (Wildman–Crippen LogP) is 1.35. The average molecular weight is 279 g/mol. The SMILES string of the molecule is CC(C)NS(=O)(=O)c1cc(C(=O)O)c(F)cc1F. The zero-order valence-electron chi connectivity index (χ0n) is 9.57.